The molecule has 2 aromatic heterocycles. The van der Waals surface area contributed by atoms with E-state index in [2.05, 4.69) is 15.1 Å². The van der Waals surface area contributed by atoms with Gasteiger partial charge in [-0.05, 0) is 30.7 Å². The predicted molar refractivity (Wildman–Crippen MR) is 97.5 cm³/mol. The molecule has 0 unspecified atom stereocenters. The fourth-order valence-corrected chi connectivity index (χ4v) is 2.94. The molecule has 0 aliphatic heterocycles. The predicted octanol–water partition coefficient (Wildman–Crippen LogP) is 3.42. The molecule has 7 heteroatoms. The van der Waals surface area contributed by atoms with E-state index in [0.29, 0.717) is 34.8 Å². The molecule has 0 radical (unpaired) electrons. The number of hydrogen-bond acceptors (Lipinski definition) is 5. The number of rotatable bonds is 4. The second kappa shape index (κ2) is 6.60. The van der Waals surface area contributed by atoms with Gasteiger partial charge in [-0.15, -0.1) is 0 Å². The second-order valence-corrected chi connectivity index (χ2v) is 6.19. The van der Waals surface area contributed by atoms with Crippen molar-refractivity contribution in [2.24, 2.45) is 5.73 Å². The summed E-state index contributed by atoms with van der Waals surface area (Å²) in [7, 11) is 0. The van der Waals surface area contributed by atoms with Crippen molar-refractivity contribution in [2.75, 3.05) is 0 Å². The molecule has 0 fully saturated rings. The van der Waals surface area contributed by atoms with Gasteiger partial charge in [-0.2, -0.15) is 0 Å². The number of fused-ring (bicyclic) bond motifs is 1. The number of hydrogen-bond donors (Lipinski definition) is 1. The largest absolute Gasteiger partial charge is 0.365 e. The standard InChI is InChI=1S/C20H15FN4O2/c1-11-18(20(22)26)19(25-27-11)13-4-5-14-10-23-17(24-16(14)9-13)8-12-2-6-15(21)7-3-12/h2-7,9-10H,8H2,1H3,(H2,22,26). The normalized spacial score (nSPS) is 11.0. The van der Waals surface area contributed by atoms with E-state index in [9.17, 15) is 9.18 Å². The molecule has 4 rings (SSSR count). The highest BCUT2D eigenvalue weighted by Gasteiger charge is 2.19. The van der Waals surface area contributed by atoms with Crippen molar-refractivity contribution < 1.29 is 13.7 Å². The first kappa shape index (κ1) is 16.8. The Morgan fingerprint density at radius 3 is 2.70 bits per heavy atom. The minimum Gasteiger partial charge on any atom is -0.365 e. The quantitative estimate of drug-likeness (QED) is 0.600. The van der Waals surface area contributed by atoms with Crippen LogP contribution in [0.15, 0.2) is 53.2 Å². The molecular weight excluding hydrogens is 347 g/mol. The summed E-state index contributed by atoms with van der Waals surface area (Å²) in [6.45, 7) is 1.64. The fourth-order valence-electron chi connectivity index (χ4n) is 2.94. The van der Waals surface area contributed by atoms with Crippen molar-refractivity contribution in [2.45, 2.75) is 13.3 Å². The van der Waals surface area contributed by atoms with Gasteiger partial charge in [0.05, 0.1) is 5.52 Å². The first-order valence-electron chi connectivity index (χ1n) is 8.28. The number of primary amides is 1. The Bertz CT molecular complexity index is 1150. The molecule has 0 bridgehead atoms. The highest BCUT2D eigenvalue weighted by Crippen LogP contribution is 2.27. The molecular formula is C20H15FN4O2. The van der Waals surface area contributed by atoms with E-state index in [1.54, 1.807) is 25.3 Å². The molecule has 134 valence electrons. The van der Waals surface area contributed by atoms with Crippen molar-refractivity contribution in [3.63, 3.8) is 0 Å². The van der Waals surface area contributed by atoms with Gasteiger partial charge in [-0.3, -0.25) is 4.79 Å². The van der Waals surface area contributed by atoms with E-state index < -0.39 is 5.91 Å². The summed E-state index contributed by atoms with van der Waals surface area (Å²) in [6.07, 6.45) is 2.21. The zero-order chi connectivity index (χ0) is 19.0. The average Bonchev–Trinajstić information content (AvgIpc) is 3.05. The molecule has 1 amide bonds. The molecule has 2 aromatic carbocycles. The van der Waals surface area contributed by atoms with Crippen LogP contribution in [0.5, 0.6) is 0 Å². The first-order chi connectivity index (χ1) is 13.0. The number of carbonyl (C=O) groups is 1. The fraction of sp³-hybridized carbons (Fsp3) is 0.100. The maximum Gasteiger partial charge on any atom is 0.254 e. The molecule has 6 nitrogen and oxygen atoms in total. The van der Waals surface area contributed by atoms with Gasteiger partial charge in [-0.1, -0.05) is 29.4 Å². The average molecular weight is 362 g/mol. The SMILES string of the molecule is Cc1onc(-c2ccc3cnc(Cc4ccc(F)cc4)nc3c2)c1C(N)=O. The number of benzene rings is 2. The second-order valence-electron chi connectivity index (χ2n) is 6.19. The molecule has 0 spiro atoms. The number of aryl methyl sites for hydroxylation is 1. The highest BCUT2D eigenvalue weighted by atomic mass is 19.1. The van der Waals surface area contributed by atoms with Gasteiger partial charge in [0.15, 0.2) is 0 Å². The summed E-state index contributed by atoms with van der Waals surface area (Å²) in [6, 6.07) is 11.7. The van der Waals surface area contributed by atoms with Crippen LogP contribution in [0.4, 0.5) is 4.39 Å². The van der Waals surface area contributed by atoms with Crippen molar-refractivity contribution in [1.82, 2.24) is 15.1 Å². The van der Waals surface area contributed by atoms with Crippen molar-refractivity contribution in [1.29, 1.82) is 0 Å². The van der Waals surface area contributed by atoms with Crippen LogP contribution in [-0.2, 0) is 6.42 Å². The zero-order valence-electron chi connectivity index (χ0n) is 14.4. The molecule has 0 aliphatic rings. The van der Waals surface area contributed by atoms with Crippen molar-refractivity contribution in [3.05, 3.63) is 77.2 Å². The maximum atomic E-state index is 13.1. The third kappa shape index (κ3) is 3.27. The Kier molecular flexibility index (Phi) is 4.12. The third-order valence-corrected chi connectivity index (χ3v) is 4.29. The molecule has 4 aromatic rings. The van der Waals surface area contributed by atoms with Gasteiger partial charge in [0.1, 0.15) is 28.7 Å². The Balaban J connectivity index is 1.73. The molecule has 0 saturated heterocycles. The van der Waals surface area contributed by atoms with Gasteiger partial charge >= 0.3 is 0 Å². The highest BCUT2D eigenvalue weighted by molar-refractivity contribution is 6.00. The van der Waals surface area contributed by atoms with Gasteiger partial charge in [-0.25, -0.2) is 14.4 Å². The van der Waals surface area contributed by atoms with Gasteiger partial charge in [0.2, 0.25) is 0 Å². The van der Waals surface area contributed by atoms with Crippen LogP contribution < -0.4 is 5.73 Å². The topological polar surface area (TPSA) is 94.9 Å². The van der Waals surface area contributed by atoms with Crippen LogP contribution in [0.25, 0.3) is 22.2 Å². The minimum absolute atomic E-state index is 0.259. The molecule has 2 N–H and O–H groups in total. The molecule has 0 aliphatic carbocycles. The van der Waals surface area contributed by atoms with Gasteiger partial charge in [0, 0.05) is 23.6 Å². The maximum absolute atomic E-state index is 13.1. The summed E-state index contributed by atoms with van der Waals surface area (Å²) in [5.41, 5.74) is 8.38. The molecule has 0 saturated carbocycles. The zero-order valence-corrected chi connectivity index (χ0v) is 14.4. The number of nitrogens with two attached hydrogens (primary N) is 1. The Labute approximate surface area is 153 Å². The number of halogens is 1. The van der Waals surface area contributed by atoms with E-state index in [4.69, 9.17) is 10.3 Å². The third-order valence-electron chi connectivity index (χ3n) is 4.29. The van der Waals surface area contributed by atoms with Crippen LogP contribution in [0, 0.1) is 12.7 Å². The van der Waals surface area contributed by atoms with E-state index in [-0.39, 0.29) is 11.4 Å². The van der Waals surface area contributed by atoms with Crippen LogP contribution >= 0.6 is 0 Å². The van der Waals surface area contributed by atoms with E-state index in [0.717, 1.165) is 10.9 Å². The number of aromatic nitrogens is 3. The van der Waals surface area contributed by atoms with Crippen molar-refractivity contribution in [3.8, 4) is 11.3 Å². The lowest BCUT2D eigenvalue weighted by Gasteiger charge is -2.05. The molecule has 2 heterocycles. The monoisotopic (exact) mass is 362 g/mol. The summed E-state index contributed by atoms with van der Waals surface area (Å²) < 4.78 is 18.2. The van der Waals surface area contributed by atoms with Crippen LogP contribution in [0.1, 0.15) is 27.5 Å². The van der Waals surface area contributed by atoms with Crippen LogP contribution in [-0.4, -0.2) is 21.0 Å². The summed E-state index contributed by atoms with van der Waals surface area (Å²) in [4.78, 5) is 20.6. The first-order valence-corrected chi connectivity index (χ1v) is 8.28. The summed E-state index contributed by atoms with van der Waals surface area (Å²) in [5.74, 6) is 0.106. The minimum atomic E-state index is -0.594. The summed E-state index contributed by atoms with van der Waals surface area (Å²) in [5, 5.41) is 4.81. The van der Waals surface area contributed by atoms with E-state index in [1.807, 2.05) is 18.2 Å². The van der Waals surface area contributed by atoms with E-state index >= 15 is 0 Å². The lowest BCUT2D eigenvalue weighted by atomic mass is 10.0. The smallest absolute Gasteiger partial charge is 0.254 e. The summed E-state index contributed by atoms with van der Waals surface area (Å²) >= 11 is 0. The molecule has 27 heavy (non-hydrogen) atoms. The Morgan fingerprint density at radius 2 is 1.96 bits per heavy atom. The van der Waals surface area contributed by atoms with Crippen LogP contribution in [0.2, 0.25) is 0 Å². The number of nitrogens with zero attached hydrogens (tertiary/aromatic N) is 3. The number of amides is 1. The lowest BCUT2D eigenvalue weighted by molar-refractivity contribution is 0.0999. The van der Waals surface area contributed by atoms with Gasteiger partial charge in [0.25, 0.3) is 5.91 Å². The lowest BCUT2D eigenvalue weighted by Crippen LogP contribution is -2.12. The van der Waals surface area contributed by atoms with E-state index in [1.165, 1.54) is 12.1 Å². The van der Waals surface area contributed by atoms with Crippen LogP contribution in [0.3, 0.4) is 0 Å². The van der Waals surface area contributed by atoms with Gasteiger partial charge < -0.3 is 10.3 Å². The molecule has 0 atom stereocenters. The van der Waals surface area contributed by atoms with Crippen molar-refractivity contribution >= 4 is 16.8 Å². The number of carbonyl (C=O) groups excluding carboxylic acids is 1. The Morgan fingerprint density at radius 1 is 1.19 bits per heavy atom. The Hall–Kier alpha value is -3.61.